The molecule has 0 aliphatic rings. The summed E-state index contributed by atoms with van der Waals surface area (Å²) in [5.74, 6) is -1.59. The molecule has 0 saturated carbocycles. The van der Waals surface area contributed by atoms with E-state index in [0.29, 0.717) is 16.3 Å². The van der Waals surface area contributed by atoms with Gasteiger partial charge in [0.25, 0.3) is 0 Å². The van der Waals surface area contributed by atoms with E-state index in [-0.39, 0.29) is 34.7 Å². The average molecular weight is 428 g/mol. The van der Waals surface area contributed by atoms with Crippen molar-refractivity contribution >= 4 is 45.8 Å². The summed E-state index contributed by atoms with van der Waals surface area (Å²) in [7, 11) is 0. The number of hydrogen-bond donors (Lipinski definition) is 1. The second-order valence-corrected chi connectivity index (χ2v) is 7.65. The van der Waals surface area contributed by atoms with Crippen LogP contribution in [0.4, 0.5) is 5.00 Å². The first kappa shape index (κ1) is 21.9. The topological polar surface area (TPSA) is 99.5 Å². The lowest BCUT2D eigenvalue weighted by molar-refractivity contribution is -0.116. The van der Waals surface area contributed by atoms with E-state index in [0.717, 1.165) is 11.3 Å². The van der Waals surface area contributed by atoms with Crippen molar-refractivity contribution in [3.63, 3.8) is 0 Å². The zero-order chi connectivity index (χ0) is 21.0. The molecule has 1 amide bonds. The van der Waals surface area contributed by atoms with Gasteiger partial charge in [0, 0.05) is 0 Å². The molecule has 152 valence electrons. The van der Waals surface area contributed by atoms with Gasteiger partial charge in [0.2, 0.25) is 5.91 Å². The molecule has 0 aliphatic carbocycles. The molecule has 0 atom stereocenters. The third-order valence-corrected chi connectivity index (χ3v) is 5.30. The summed E-state index contributed by atoms with van der Waals surface area (Å²) >= 11 is 6.93. The highest BCUT2D eigenvalue weighted by atomic mass is 35.5. The van der Waals surface area contributed by atoms with E-state index in [2.05, 4.69) is 10.4 Å². The fraction of sp³-hybridized carbons (Fsp3) is 0.444. The third kappa shape index (κ3) is 4.90. The van der Waals surface area contributed by atoms with Crippen LogP contribution in [0.15, 0.2) is 6.20 Å². The van der Waals surface area contributed by atoms with Crippen molar-refractivity contribution in [1.29, 1.82) is 0 Å². The number of hydrogen-bond acceptors (Lipinski definition) is 7. The number of rotatable bonds is 7. The Balaban J connectivity index is 2.33. The second-order valence-electron chi connectivity index (χ2n) is 6.22. The Bertz CT molecular complexity index is 903. The molecule has 0 aliphatic heterocycles. The summed E-state index contributed by atoms with van der Waals surface area (Å²) in [6.07, 6.45) is 1.10. The first-order chi connectivity index (χ1) is 13.1. The Hall–Kier alpha value is -2.39. The van der Waals surface area contributed by atoms with Gasteiger partial charge in [-0.1, -0.05) is 11.6 Å². The highest BCUT2D eigenvalue weighted by Crippen LogP contribution is 2.34. The molecule has 8 nitrogen and oxygen atoms in total. The minimum absolute atomic E-state index is 0.0943. The first-order valence-corrected chi connectivity index (χ1v) is 9.84. The minimum atomic E-state index is -0.618. The Morgan fingerprint density at radius 3 is 2.50 bits per heavy atom. The number of thiophene rings is 1. The molecule has 28 heavy (non-hydrogen) atoms. The van der Waals surface area contributed by atoms with E-state index < -0.39 is 17.8 Å². The molecule has 0 radical (unpaired) electrons. The molecular formula is C18H22ClN3O5S. The van der Waals surface area contributed by atoms with Gasteiger partial charge in [0.1, 0.15) is 16.4 Å². The number of esters is 2. The van der Waals surface area contributed by atoms with Crippen molar-refractivity contribution in [3.8, 4) is 0 Å². The number of nitrogens with one attached hydrogen (secondary N) is 1. The SMILES string of the molecule is CCOC(=O)c1sc(NC(=O)Cn2ncc(Cl)c2C)c(C(=O)OC(C)C)c1C. The maximum absolute atomic E-state index is 12.5. The number of ether oxygens (including phenoxy) is 2. The fourth-order valence-corrected chi connectivity index (χ4v) is 3.64. The lowest BCUT2D eigenvalue weighted by Gasteiger charge is -2.10. The maximum Gasteiger partial charge on any atom is 0.348 e. The van der Waals surface area contributed by atoms with Crippen LogP contribution in [0.25, 0.3) is 0 Å². The predicted molar refractivity (Wildman–Crippen MR) is 106 cm³/mol. The Morgan fingerprint density at radius 2 is 1.96 bits per heavy atom. The van der Waals surface area contributed by atoms with Crippen LogP contribution in [0.3, 0.4) is 0 Å². The van der Waals surface area contributed by atoms with Crippen LogP contribution in [0.1, 0.15) is 52.1 Å². The number of nitrogens with zero attached hydrogens (tertiary/aromatic N) is 2. The lowest BCUT2D eigenvalue weighted by Crippen LogP contribution is -2.21. The van der Waals surface area contributed by atoms with E-state index in [4.69, 9.17) is 21.1 Å². The van der Waals surface area contributed by atoms with Crippen LogP contribution in [-0.4, -0.2) is 40.3 Å². The molecule has 2 aromatic rings. The van der Waals surface area contributed by atoms with Gasteiger partial charge in [0.05, 0.1) is 35.2 Å². The minimum Gasteiger partial charge on any atom is -0.462 e. The predicted octanol–water partition coefficient (Wildman–Crippen LogP) is 3.60. The van der Waals surface area contributed by atoms with E-state index in [1.165, 1.54) is 10.9 Å². The Morgan fingerprint density at radius 1 is 1.29 bits per heavy atom. The summed E-state index contributed by atoms with van der Waals surface area (Å²) < 4.78 is 11.7. The summed E-state index contributed by atoms with van der Waals surface area (Å²) in [5, 5.41) is 7.38. The van der Waals surface area contributed by atoms with Crippen molar-refractivity contribution in [2.24, 2.45) is 0 Å². The number of anilines is 1. The molecule has 2 rings (SSSR count). The van der Waals surface area contributed by atoms with E-state index in [1.54, 1.807) is 34.6 Å². The van der Waals surface area contributed by atoms with Gasteiger partial charge in [-0.25, -0.2) is 9.59 Å². The Labute approximate surface area is 171 Å². The molecule has 0 unspecified atom stereocenters. The van der Waals surface area contributed by atoms with Gasteiger partial charge < -0.3 is 14.8 Å². The van der Waals surface area contributed by atoms with E-state index >= 15 is 0 Å². The van der Waals surface area contributed by atoms with Gasteiger partial charge >= 0.3 is 11.9 Å². The van der Waals surface area contributed by atoms with E-state index in [1.807, 2.05) is 0 Å². The van der Waals surface area contributed by atoms with Crippen molar-refractivity contribution in [2.75, 3.05) is 11.9 Å². The van der Waals surface area contributed by atoms with Crippen molar-refractivity contribution in [3.05, 3.63) is 32.9 Å². The highest BCUT2D eigenvalue weighted by Gasteiger charge is 2.28. The normalized spacial score (nSPS) is 10.8. The van der Waals surface area contributed by atoms with Gasteiger partial charge in [-0.2, -0.15) is 5.10 Å². The standard InChI is InChI=1S/C18H22ClN3O5S/c1-6-26-18(25)15-10(4)14(17(24)27-9(2)3)16(28-15)21-13(23)8-22-11(5)12(19)7-20-22/h7,9H,6,8H2,1-5H3,(H,21,23). The molecule has 0 fully saturated rings. The number of carbonyl (C=O) groups excluding carboxylic acids is 3. The van der Waals surface area contributed by atoms with Crippen molar-refractivity contribution in [1.82, 2.24) is 9.78 Å². The second kappa shape index (κ2) is 9.20. The number of halogens is 1. The molecular weight excluding hydrogens is 406 g/mol. The highest BCUT2D eigenvalue weighted by molar-refractivity contribution is 7.18. The molecule has 10 heteroatoms. The molecule has 2 heterocycles. The van der Waals surface area contributed by atoms with Crippen LogP contribution < -0.4 is 5.32 Å². The smallest absolute Gasteiger partial charge is 0.348 e. The van der Waals surface area contributed by atoms with Gasteiger partial charge in [-0.05, 0) is 40.2 Å². The summed E-state index contributed by atoms with van der Waals surface area (Å²) in [5.41, 5.74) is 1.19. The van der Waals surface area contributed by atoms with Crippen molar-refractivity contribution in [2.45, 2.75) is 47.3 Å². The van der Waals surface area contributed by atoms with Gasteiger partial charge in [0.15, 0.2) is 0 Å². The number of carbonyl (C=O) groups is 3. The zero-order valence-corrected chi connectivity index (χ0v) is 17.9. The summed E-state index contributed by atoms with van der Waals surface area (Å²) in [4.78, 5) is 37.5. The number of amides is 1. The van der Waals surface area contributed by atoms with E-state index in [9.17, 15) is 14.4 Å². The molecule has 0 saturated heterocycles. The van der Waals surface area contributed by atoms with Crippen LogP contribution in [0, 0.1) is 13.8 Å². The third-order valence-electron chi connectivity index (χ3n) is 3.74. The monoisotopic (exact) mass is 427 g/mol. The molecule has 2 aromatic heterocycles. The van der Waals surface area contributed by atoms with Crippen LogP contribution in [0.5, 0.6) is 0 Å². The van der Waals surface area contributed by atoms with Crippen molar-refractivity contribution < 1.29 is 23.9 Å². The lowest BCUT2D eigenvalue weighted by atomic mass is 10.1. The Kier molecular flexibility index (Phi) is 7.20. The summed E-state index contributed by atoms with van der Waals surface area (Å²) in [6.45, 7) is 8.58. The van der Waals surface area contributed by atoms with Gasteiger partial charge in [-0.15, -0.1) is 11.3 Å². The first-order valence-electron chi connectivity index (χ1n) is 8.64. The summed E-state index contributed by atoms with van der Waals surface area (Å²) in [6, 6.07) is 0. The molecule has 1 N–H and O–H groups in total. The largest absolute Gasteiger partial charge is 0.462 e. The van der Waals surface area contributed by atoms with Crippen LogP contribution >= 0.6 is 22.9 Å². The fourth-order valence-electron chi connectivity index (χ4n) is 2.40. The van der Waals surface area contributed by atoms with Gasteiger partial charge in [-0.3, -0.25) is 9.48 Å². The molecule has 0 aromatic carbocycles. The van der Waals surface area contributed by atoms with Crippen LogP contribution in [0.2, 0.25) is 5.02 Å². The zero-order valence-electron chi connectivity index (χ0n) is 16.3. The molecule has 0 bridgehead atoms. The average Bonchev–Trinajstić information content (AvgIpc) is 3.08. The number of aromatic nitrogens is 2. The van der Waals surface area contributed by atoms with Crippen LogP contribution in [-0.2, 0) is 20.8 Å². The molecule has 0 spiro atoms. The maximum atomic E-state index is 12.5. The quantitative estimate of drug-likeness (QED) is 0.678.